The van der Waals surface area contributed by atoms with Crippen LogP contribution in [0.4, 0.5) is 9.18 Å². The lowest BCUT2D eigenvalue weighted by atomic mass is 10.1. The SMILES string of the molecule is CC(=O)Cc1ccc(CNC(=O)OC(C)(C)C)c(F)c1. The number of hydrogen-bond acceptors (Lipinski definition) is 3. The molecule has 0 bridgehead atoms. The number of benzene rings is 1. The van der Waals surface area contributed by atoms with Gasteiger partial charge in [0, 0.05) is 18.5 Å². The fraction of sp³-hybridized carbons (Fsp3) is 0.467. The van der Waals surface area contributed by atoms with Crippen molar-refractivity contribution in [2.45, 2.75) is 46.3 Å². The maximum atomic E-state index is 13.8. The monoisotopic (exact) mass is 281 g/mol. The third-order valence-electron chi connectivity index (χ3n) is 2.39. The van der Waals surface area contributed by atoms with E-state index < -0.39 is 17.5 Å². The quantitative estimate of drug-likeness (QED) is 0.923. The maximum absolute atomic E-state index is 13.8. The molecule has 0 spiro atoms. The predicted octanol–water partition coefficient (Wildman–Crippen LogP) is 2.98. The van der Waals surface area contributed by atoms with Crippen molar-refractivity contribution in [2.24, 2.45) is 0 Å². The lowest BCUT2D eigenvalue weighted by molar-refractivity contribution is -0.116. The minimum Gasteiger partial charge on any atom is -0.444 e. The van der Waals surface area contributed by atoms with Crippen molar-refractivity contribution in [3.05, 3.63) is 35.1 Å². The minimum absolute atomic E-state index is 0.0240. The van der Waals surface area contributed by atoms with Crippen molar-refractivity contribution in [1.82, 2.24) is 5.32 Å². The first-order valence-electron chi connectivity index (χ1n) is 6.41. The van der Waals surface area contributed by atoms with Gasteiger partial charge in [0.15, 0.2) is 0 Å². The van der Waals surface area contributed by atoms with Crippen molar-refractivity contribution in [3.8, 4) is 0 Å². The molecule has 0 atom stereocenters. The summed E-state index contributed by atoms with van der Waals surface area (Å²) in [6.45, 7) is 6.76. The summed E-state index contributed by atoms with van der Waals surface area (Å²) < 4.78 is 18.8. The molecule has 1 amide bonds. The number of carbonyl (C=O) groups excluding carboxylic acids is 2. The number of amides is 1. The van der Waals surface area contributed by atoms with Crippen LogP contribution in [0.2, 0.25) is 0 Å². The predicted molar refractivity (Wildman–Crippen MR) is 73.9 cm³/mol. The van der Waals surface area contributed by atoms with Crippen LogP contribution in [0.1, 0.15) is 38.8 Å². The summed E-state index contributed by atoms with van der Waals surface area (Å²) in [6.07, 6.45) is -0.388. The standard InChI is InChI=1S/C15H20FNO3/c1-10(18)7-11-5-6-12(13(16)8-11)9-17-14(19)20-15(2,3)4/h5-6,8H,7,9H2,1-4H3,(H,17,19). The van der Waals surface area contributed by atoms with Gasteiger partial charge in [-0.1, -0.05) is 12.1 Å². The Morgan fingerprint density at radius 2 is 1.95 bits per heavy atom. The second kappa shape index (κ2) is 6.50. The summed E-state index contributed by atoms with van der Waals surface area (Å²) in [5.41, 5.74) is 0.382. The normalized spacial score (nSPS) is 11.1. The van der Waals surface area contributed by atoms with Crippen LogP contribution in [0, 0.1) is 5.82 Å². The highest BCUT2D eigenvalue weighted by Gasteiger charge is 2.16. The van der Waals surface area contributed by atoms with E-state index in [4.69, 9.17) is 4.74 Å². The van der Waals surface area contributed by atoms with Gasteiger partial charge in [0.05, 0.1) is 0 Å². The number of Topliss-reactive ketones (excluding diaryl/α,β-unsaturated/α-hetero) is 1. The molecule has 1 aromatic rings. The zero-order valence-electron chi connectivity index (χ0n) is 12.2. The Morgan fingerprint density at radius 1 is 1.30 bits per heavy atom. The number of halogens is 1. The smallest absolute Gasteiger partial charge is 0.407 e. The molecule has 110 valence electrons. The van der Waals surface area contributed by atoms with E-state index in [1.54, 1.807) is 32.9 Å². The second-order valence-corrected chi connectivity index (χ2v) is 5.66. The van der Waals surface area contributed by atoms with Crippen LogP contribution < -0.4 is 5.32 Å². The molecule has 0 aliphatic rings. The molecule has 0 heterocycles. The van der Waals surface area contributed by atoms with Gasteiger partial charge in [-0.15, -0.1) is 0 Å². The largest absolute Gasteiger partial charge is 0.444 e. The van der Waals surface area contributed by atoms with E-state index in [2.05, 4.69) is 5.32 Å². The fourth-order valence-electron chi connectivity index (χ4n) is 1.61. The third-order valence-corrected chi connectivity index (χ3v) is 2.39. The molecule has 0 saturated carbocycles. The van der Waals surface area contributed by atoms with E-state index in [0.717, 1.165) is 0 Å². The first-order chi connectivity index (χ1) is 9.17. The molecule has 1 aromatic carbocycles. The first kappa shape index (κ1) is 16.1. The van der Waals surface area contributed by atoms with Crippen molar-refractivity contribution < 1.29 is 18.7 Å². The van der Waals surface area contributed by atoms with Gasteiger partial charge in [-0.2, -0.15) is 0 Å². The Kier molecular flexibility index (Phi) is 5.25. The topological polar surface area (TPSA) is 55.4 Å². The van der Waals surface area contributed by atoms with Gasteiger partial charge in [-0.25, -0.2) is 9.18 Å². The Balaban J connectivity index is 2.61. The molecule has 1 rings (SSSR count). The van der Waals surface area contributed by atoms with E-state index >= 15 is 0 Å². The number of alkyl carbamates (subject to hydrolysis) is 1. The van der Waals surface area contributed by atoms with Crippen molar-refractivity contribution in [3.63, 3.8) is 0 Å². The highest BCUT2D eigenvalue weighted by atomic mass is 19.1. The molecule has 4 nitrogen and oxygen atoms in total. The van der Waals surface area contributed by atoms with Crippen LogP contribution in [0.25, 0.3) is 0 Å². The second-order valence-electron chi connectivity index (χ2n) is 5.66. The Morgan fingerprint density at radius 3 is 2.45 bits per heavy atom. The van der Waals surface area contributed by atoms with Gasteiger partial charge >= 0.3 is 6.09 Å². The lowest BCUT2D eigenvalue weighted by Gasteiger charge is -2.19. The van der Waals surface area contributed by atoms with E-state index in [1.807, 2.05) is 0 Å². The summed E-state index contributed by atoms with van der Waals surface area (Å²) in [7, 11) is 0. The van der Waals surface area contributed by atoms with Gasteiger partial charge in [-0.05, 0) is 39.3 Å². The number of rotatable bonds is 4. The summed E-state index contributed by atoms with van der Waals surface area (Å²) in [5, 5.41) is 2.49. The number of ether oxygens (including phenoxy) is 1. The summed E-state index contributed by atoms with van der Waals surface area (Å²) in [6, 6.07) is 4.55. The molecule has 20 heavy (non-hydrogen) atoms. The average Bonchev–Trinajstić information content (AvgIpc) is 2.24. The third kappa shape index (κ3) is 5.82. The number of carbonyl (C=O) groups is 2. The van der Waals surface area contributed by atoms with Crippen molar-refractivity contribution >= 4 is 11.9 Å². The van der Waals surface area contributed by atoms with Gasteiger partial charge in [0.25, 0.3) is 0 Å². The fourth-order valence-corrected chi connectivity index (χ4v) is 1.61. The molecule has 0 fully saturated rings. The van der Waals surface area contributed by atoms with Crippen LogP contribution in [-0.4, -0.2) is 17.5 Å². The molecule has 0 radical (unpaired) electrons. The van der Waals surface area contributed by atoms with Gasteiger partial charge in [0.1, 0.15) is 17.2 Å². The minimum atomic E-state index is -0.593. The molecular weight excluding hydrogens is 261 g/mol. The Labute approximate surface area is 118 Å². The van der Waals surface area contributed by atoms with Gasteiger partial charge in [0.2, 0.25) is 0 Å². The average molecular weight is 281 g/mol. The highest BCUT2D eigenvalue weighted by molar-refractivity contribution is 5.78. The van der Waals surface area contributed by atoms with Gasteiger partial charge < -0.3 is 10.1 Å². The van der Waals surface area contributed by atoms with Crippen LogP contribution in [0.5, 0.6) is 0 Å². The molecule has 1 N–H and O–H groups in total. The maximum Gasteiger partial charge on any atom is 0.407 e. The summed E-state index contributed by atoms with van der Waals surface area (Å²) >= 11 is 0. The molecule has 0 saturated heterocycles. The first-order valence-corrected chi connectivity index (χ1v) is 6.41. The molecule has 5 heteroatoms. The molecule has 0 aromatic heterocycles. The van der Waals surface area contributed by atoms with E-state index in [9.17, 15) is 14.0 Å². The Bertz CT molecular complexity index is 506. The zero-order chi connectivity index (χ0) is 15.3. The zero-order valence-corrected chi connectivity index (χ0v) is 12.2. The summed E-state index contributed by atoms with van der Waals surface area (Å²) in [5.74, 6) is -0.469. The lowest BCUT2D eigenvalue weighted by Crippen LogP contribution is -2.32. The highest BCUT2D eigenvalue weighted by Crippen LogP contribution is 2.12. The van der Waals surface area contributed by atoms with Crippen molar-refractivity contribution in [1.29, 1.82) is 0 Å². The molecule has 0 unspecified atom stereocenters. The van der Waals surface area contributed by atoms with Crippen LogP contribution in [0.3, 0.4) is 0 Å². The molecular formula is C15H20FNO3. The van der Waals surface area contributed by atoms with E-state index in [1.165, 1.54) is 13.0 Å². The van der Waals surface area contributed by atoms with E-state index in [0.29, 0.717) is 11.1 Å². The molecule has 0 aliphatic heterocycles. The van der Waals surface area contributed by atoms with Crippen molar-refractivity contribution in [2.75, 3.05) is 0 Å². The van der Waals surface area contributed by atoms with Crippen LogP contribution >= 0.6 is 0 Å². The number of nitrogens with one attached hydrogen (secondary N) is 1. The van der Waals surface area contributed by atoms with E-state index in [-0.39, 0.29) is 18.7 Å². The number of hydrogen-bond donors (Lipinski definition) is 1. The van der Waals surface area contributed by atoms with Gasteiger partial charge in [-0.3, -0.25) is 4.79 Å². The summed E-state index contributed by atoms with van der Waals surface area (Å²) in [4.78, 5) is 22.4. The van der Waals surface area contributed by atoms with Crippen LogP contribution in [-0.2, 0) is 22.5 Å². The number of ketones is 1. The van der Waals surface area contributed by atoms with Crippen LogP contribution in [0.15, 0.2) is 18.2 Å². The molecule has 0 aliphatic carbocycles. The Hall–Kier alpha value is -1.91.